The Balaban J connectivity index is 2.08. The molecule has 1 saturated carbocycles. The Labute approximate surface area is 85.4 Å². The highest BCUT2D eigenvalue weighted by Crippen LogP contribution is 2.35. The highest BCUT2D eigenvalue weighted by atomic mass is 16.4. The number of nitrogens with zero attached hydrogens (tertiary/aromatic N) is 2. The van der Waals surface area contributed by atoms with E-state index in [1.54, 1.807) is 6.07 Å². The van der Waals surface area contributed by atoms with E-state index in [0.29, 0.717) is 12.8 Å². The number of carboxylic acids is 1. The van der Waals surface area contributed by atoms with E-state index in [-0.39, 0.29) is 5.82 Å². The summed E-state index contributed by atoms with van der Waals surface area (Å²) < 4.78 is 0. The molecule has 0 spiro atoms. The monoisotopic (exact) mass is 207 g/mol. The van der Waals surface area contributed by atoms with E-state index in [4.69, 9.17) is 5.11 Å². The molecule has 0 bridgehead atoms. The van der Waals surface area contributed by atoms with Gasteiger partial charge in [-0.3, -0.25) is 4.79 Å². The van der Waals surface area contributed by atoms with Gasteiger partial charge in [-0.1, -0.05) is 0 Å². The van der Waals surface area contributed by atoms with Crippen LogP contribution in [0.4, 0.5) is 0 Å². The second kappa shape index (κ2) is 3.30. The van der Waals surface area contributed by atoms with Gasteiger partial charge in [0.15, 0.2) is 0 Å². The molecule has 6 nitrogen and oxygen atoms in total. The molecule has 0 aliphatic heterocycles. The van der Waals surface area contributed by atoms with Crippen molar-refractivity contribution in [2.24, 2.45) is 0 Å². The summed E-state index contributed by atoms with van der Waals surface area (Å²) in [6.45, 7) is 0. The number of amides is 1. The maximum absolute atomic E-state index is 11.5. The van der Waals surface area contributed by atoms with Crippen LogP contribution < -0.4 is 5.32 Å². The molecular formula is C9H9N3O3. The van der Waals surface area contributed by atoms with Gasteiger partial charge in [0.2, 0.25) is 5.82 Å². The number of hydrogen-bond acceptors (Lipinski definition) is 4. The Morgan fingerprint density at radius 3 is 2.40 bits per heavy atom. The first-order valence-corrected chi connectivity index (χ1v) is 4.47. The summed E-state index contributed by atoms with van der Waals surface area (Å²) in [6, 6.07) is 1.58. The second-order valence-corrected chi connectivity index (χ2v) is 3.41. The molecule has 0 radical (unpaired) electrons. The molecule has 1 fully saturated rings. The summed E-state index contributed by atoms with van der Waals surface area (Å²) in [4.78, 5) is 29.8. The lowest BCUT2D eigenvalue weighted by Crippen LogP contribution is -2.43. The van der Waals surface area contributed by atoms with Gasteiger partial charge < -0.3 is 10.4 Å². The van der Waals surface area contributed by atoms with Gasteiger partial charge in [0, 0.05) is 12.4 Å². The third-order valence-electron chi connectivity index (χ3n) is 2.28. The van der Waals surface area contributed by atoms with Gasteiger partial charge in [-0.15, -0.1) is 0 Å². The van der Waals surface area contributed by atoms with Gasteiger partial charge in [-0.05, 0) is 18.9 Å². The topological polar surface area (TPSA) is 92.2 Å². The number of hydrogen-bond donors (Lipinski definition) is 2. The van der Waals surface area contributed by atoms with Crippen molar-refractivity contribution in [1.29, 1.82) is 0 Å². The average Bonchev–Trinajstić information content (AvgIpc) is 3.00. The second-order valence-electron chi connectivity index (χ2n) is 3.41. The maximum Gasteiger partial charge on any atom is 0.329 e. The van der Waals surface area contributed by atoms with Crippen LogP contribution in [0.15, 0.2) is 18.5 Å². The highest BCUT2D eigenvalue weighted by Gasteiger charge is 2.51. The first kappa shape index (κ1) is 9.57. The predicted molar refractivity (Wildman–Crippen MR) is 49.1 cm³/mol. The predicted octanol–water partition coefficient (Wildman–Crippen LogP) is -0.176. The SMILES string of the molecule is O=C(NC1(C(=O)O)CC1)c1ncccn1. The zero-order valence-electron chi connectivity index (χ0n) is 7.80. The standard InChI is InChI=1S/C9H9N3O3/c13-7(6-10-4-1-5-11-6)12-9(2-3-9)8(14)15/h1,4-5H,2-3H2,(H,12,13)(H,14,15). The van der Waals surface area contributed by atoms with E-state index >= 15 is 0 Å². The van der Waals surface area contributed by atoms with Crippen molar-refractivity contribution in [3.8, 4) is 0 Å². The fraction of sp³-hybridized carbons (Fsp3) is 0.333. The summed E-state index contributed by atoms with van der Waals surface area (Å²) >= 11 is 0. The minimum absolute atomic E-state index is 0.00924. The van der Waals surface area contributed by atoms with Gasteiger partial charge in [0.05, 0.1) is 0 Å². The van der Waals surface area contributed by atoms with Crippen LogP contribution >= 0.6 is 0 Å². The third-order valence-corrected chi connectivity index (χ3v) is 2.28. The molecule has 1 aliphatic rings. The van der Waals surface area contributed by atoms with Crippen molar-refractivity contribution in [2.45, 2.75) is 18.4 Å². The van der Waals surface area contributed by atoms with Gasteiger partial charge in [0.25, 0.3) is 5.91 Å². The lowest BCUT2D eigenvalue weighted by molar-refractivity contribution is -0.140. The summed E-state index contributed by atoms with van der Waals surface area (Å²) in [7, 11) is 0. The highest BCUT2D eigenvalue weighted by molar-refractivity contribution is 5.96. The first-order valence-electron chi connectivity index (χ1n) is 4.47. The van der Waals surface area contributed by atoms with Crippen LogP contribution in [0.25, 0.3) is 0 Å². The van der Waals surface area contributed by atoms with Gasteiger partial charge in [0.1, 0.15) is 5.54 Å². The molecule has 2 N–H and O–H groups in total. The molecule has 1 amide bonds. The molecule has 78 valence electrons. The Morgan fingerprint density at radius 2 is 1.93 bits per heavy atom. The Morgan fingerprint density at radius 1 is 1.33 bits per heavy atom. The Kier molecular flexibility index (Phi) is 2.11. The smallest absolute Gasteiger partial charge is 0.329 e. The van der Waals surface area contributed by atoms with Gasteiger partial charge in [-0.2, -0.15) is 0 Å². The zero-order chi connectivity index (χ0) is 10.9. The van der Waals surface area contributed by atoms with Crippen molar-refractivity contribution in [2.75, 3.05) is 0 Å². The van der Waals surface area contributed by atoms with E-state index in [2.05, 4.69) is 15.3 Å². The van der Waals surface area contributed by atoms with Crippen molar-refractivity contribution >= 4 is 11.9 Å². The molecular weight excluding hydrogens is 198 g/mol. The fourth-order valence-electron chi connectivity index (χ4n) is 1.21. The van der Waals surface area contributed by atoms with Crippen LogP contribution in [-0.2, 0) is 4.79 Å². The molecule has 1 aromatic heterocycles. The summed E-state index contributed by atoms with van der Waals surface area (Å²) in [5.41, 5.74) is -1.09. The third kappa shape index (κ3) is 1.78. The number of carboxylic acid groups (broad SMARTS) is 1. The van der Waals surface area contributed by atoms with Gasteiger partial charge >= 0.3 is 5.97 Å². The van der Waals surface area contributed by atoms with Crippen molar-refractivity contribution in [3.05, 3.63) is 24.3 Å². The van der Waals surface area contributed by atoms with E-state index in [1.165, 1.54) is 12.4 Å². The zero-order valence-corrected chi connectivity index (χ0v) is 7.80. The van der Waals surface area contributed by atoms with E-state index in [0.717, 1.165) is 0 Å². The molecule has 2 rings (SSSR count). The quantitative estimate of drug-likeness (QED) is 0.717. The molecule has 1 aromatic rings. The number of aliphatic carboxylic acids is 1. The molecule has 0 saturated heterocycles. The average molecular weight is 207 g/mol. The minimum Gasteiger partial charge on any atom is -0.480 e. The molecule has 0 unspecified atom stereocenters. The Bertz CT molecular complexity index is 400. The maximum atomic E-state index is 11.5. The summed E-state index contributed by atoms with van der Waals surface area (Å²) in [6.07, 6.45) is 3.78. The van der Waals surface area contributed by atoms with Crippen molar-refractivity contribution in [3.63, 3.8) is 0 Å². The minimum atomic E-state index is -1.09. The lowest BCUT2D eigenvalue weighted by Gasteiger charge is -2.10. The lowest BCUT2D eigenvalue weighted by atomic mass is 10.2. The van der Waals surface area contributed by atoms with Crippen LogP contribution in [0.2, 0.25) is 0 Å². The normalized spacial score (nSPS) is 16.8. The van der Waals surface area contributed by atoms with Crippen molar-refractivity contribution in [1.82, 2.24) is 15.3 Å². The van der Waals surface area contributed by atoms with E-state index in [1.807, 2.05) is 0 Å². The van der Waals surface area contributed by atoms with Crippen LogP contribution in [0, 0.1) is 0 Å². The van der Waals surface area contributed by atoms with Crippen LogP contribution in [0.3, 0.4) is 0 Å². The molecule has 0 aromatic carbocycles. The summed E-state index contributed by atoms with van der Waals surface area (Å²) in [5.74, 6) is -1.56. The van der Waals surface area contributed by atoms with E-state index in [9.17, 15) is 9.59 Å². The molecule has 15 heavy (non-hydrogen) atoms. The van der Waals surface area contributed by atoms with Gasteiger partial charge in [-0.25, -0.2) is 14.8 Å². The molecule has 1 heterocycles. The van der Waals surface area contributed by atoms with Crippen LogP contribution in [-0.4, -0.2) is 32.5 Å². The first-order chi connectivity index (χ1) is 7.14. The number of aromatic nitrogens is 2. The molecule has 0 atom stereocenters. The van der Waals surface area contributed by atoms with Crippen LogP contribution in [0.5, 0.6) is 0 Å². The molecule has 6 heteroatoms. The summed E-state index contributed by atoms with van der Waals surface area (Å²) in [5, 5.41) is 11.3. The number of nitrogens with one attached hydrogen (secondary N) is 1. The molecule has 1 aliphatic carbocycles. The number of carbonyl (C=O) groups excluding carboxylic acids is 1. The largest absolute Gasteiger partial charge is 0.480 e. The number of rotatable bonds is 3. The fourth-order valence-corrected chi connectivity index (χ4v) is 1.21. The Hall–Kier alpha value is -1.98. The van der Waals surface area contributed by atoms with E-state index < -0.39 is 17.4 Å². The van der Waals surface area contributed by atoms with Crippen LogP contribution in [0.1, 0.15) is 23.5 Å². The number of carbonyl (C=O) groups is 2. The van der Waals surface area contributed by atoms with Crippen molar-refractivity contribution < 1.29 is 14.7 Å².